The summed E-state index contributed by atoms with van der Waals surface area (Å²) in [4.78, 5) is 10.7. The fourth-order valence-electron chi connectivity index (χ4n) is 1.97. The molecule has 0 fully saturated rings. The van der Waals surface area contributed by atoms with Crippen molar-refractivity contribution in [1.29, 1.82) is 0 Å². The predicted octanol–water partition coefficient (Wildman–Crippen LogP) is 2.95. The zero-order valence-corrected chi connectivity index (χ0v) is 10.7. The first kappa shape index (κ1) is 13.4. The first-order valence-electron chi connectivity index (χ1n) is 6.13. The van der Waals surface area contributed by atoms with Crippen molar-refractivity contribution >= 4 is 5.97 Å². The lowest BCUT2D eigenvalue weighted by atomic mass is 10.0. The lowest BCUT2D eigenvalue weighted by Crippen LogP contribution is -2.00. The molecule has 0 saturated carbocycles. The maximum Gasteiger partial charge on any atom is 0.371 e. The van der Waals surface area contributed by atoms with Gasteiger partial charge in [-0.1, -0.05) is 24.3 Å². The molecule has 2 aromatic rings. The van der Waals surface area contributed by atoms with Gasteiger partial charge in [0.15, 0.2) is 0 Å². The Kier molecular flexibility index (Phi) is 4.02. The van der Waals surface area contributed by atoms with Crippen molar-refractivity contribution in [3.8, 4) is 0 Å². The molecular weight excluding hydrogens is 244 g/mol. The maximum atomic E-state index is 10.7. The zero-order chi connectivity index (χ0) is 13.8. The van der Waals surface area contributed by atoms with Crippen LogP contribution < -0.4 is 0 Å². The van der Waals surface area contributed by atoms with Gasteiger partial charge in [-0.3, -0.25) is 0 Å². The van der Waals surface area contributed by atoms with E-state index in [4.69, 9.17) is 9.52 Å². The number of furan rings is 1. The second-order valence-electron chi connectivity index (χ2n) is 4.49. The molecule has 1 aromatic heterocycles. The lowest BCUT2D eigenvalue weighted by molar-refractivity contribution is 0.0650. The van der Waals surface area contributed by atoms with E-state index in [1.165, 1.54) is 23.3 Å². The number of hydrogen-bond donors (Lipinski definition) is 2. The van der Waals surface area contributed by atoms with Gasteiger partial charge in [-0.15, -0.1) is 0 Å². The van der Waals surface area contributed by atoms with Crippen LogP contribution in [-0.4, -0.2) is 16.2 Å². The number of aliphatic hydroxyl groups excluding tert-OH is 1. The van der Waals surface area contributed by atoms with Crippen molar-refractivity contribution in [2.45, 2.75) is 25.9 Å². The highest BCUT2D eigenvalue weighted by molar-refractivity contribution is 5.84. The zero-order valence-electron chi connectivity index (χ0n) is 10.7. The topological polar surface area (TPSA) is 70.7 Å². The van der Waals surface area contributed by atoms with Gasteiger partial charge in [-0.05, 0) is 43.0 Å². The minimum Gasteiger partial charge on any atom is -0.475 e. The Morgan fingerprint density at radius 2 is 2.00 bits per heavy atom. The summed E-state index contributed by atoms with van der Waals surface area (Å²) < 4.78 is 5.08. The fourth-order valence-corrected chi connectivity index (χ4v) is 1.97. The van der Waals surface area contributed by atoms with E-state index in [9.17, 15) is 9.90 Å². The largest absolute Gasteiger partial charge is 0.475 e. The van der Waals surface area contributed by atoms with E-state index in [0.29, 0.717) is 12.2 Å². The SMILES string of the molecule is Cc1ccccc1CCC(O)c1ccc(C(=O)O)o1. The average Bonchev–Trinajstić information content (AvgIpc) is 2.87. The third kappa shape index (κ3) is 3.23. The van der Waals surface area contributed by atoms with Crippen LogP contribution in [0.4, 0.5) is 0 Å². The molecule has 1 aromatic carbocycles. The molecule has 1 unspecified atom stereocenters. The summed E-state index contributed by atoms with van der Waals surface area (Å²) in [5.74, 6) is -0.978. The summed E-state index contributed by atoms with van der Waals surface area (Å²) in [6, 6.07) is 10.8. The third-order valence-corrected chi connectivity index (χ3v) is 3.11. The highest BCUT2D eigenvalue weighted by atomic mass is 16.4. The Bertz CT molecular complexity index is 571. The first-order valence-corrected chi connectivity index (χ1v) is 6.13. The van der Waals surface area contributed by atoms with Gasteiger partial charge in [-0.2, -0.15) is 0 Å². The molecule has 100 valence electrons. The van der Waals surface area contributed by atoms with Gasteiger partial charge in [0.25, 0.3) is 0 Å². The summed E-state index contributed by atoms with van der Waals surface area (Å²) in [6.45, 7) is 2.02. The first-order chi connectivity index (χ1) is 9.08. The Morgan fingerprint density at radius 3 is 2.63 bits per heavy atom. The van der Waals surface area contributed by atoms with Crippen LogP contribution in [0.1, 0.15) is 40.0 Å². The van der Waals surface area contributed by atoms with Crippen molar-refractivity contribution in [2.24, 2.45) is 0 Å². The van der Waals surface area contributed by atoms with Crippen LogP contribution in [-0.2, 0) is 6.42 Å². The van der Waals surface area contributed by atoms with Gasteiger partial charge in [0.2, 0.25) is 5.76 Å². The molecule has 0 bridgehead atoms. The smallest absolute Gasteiger partial charge is 0.371 e. The number of aromatic carboxylic acids is 1. The number of carboxylic acids is 1. The number of benzene rings is 1. The molecule has 0 aliphatic rings. The number of aryl methyl sites for hydroxylation is 2. The van der Waals surface area contributed by atoms with E-state index >= 15 is 0 Å². The van der Waals surface area contributed by atoms with Crippen LogP contribution >= 0.6 is 0 Å². The quantitative estimate of drug-likeness (QED) is 0.867. The maximum absolute atomic E-state index is 10.7. The molecule has 0 spiro atoms. The Labute approximate surface area is 111 Å². The number of carbonyl (C=O) groups is 1. The molecule has 2 N–H and O–H groups in total. The monoisotopic (exact) mass is 260 g/mol. The van der Waals surface area contributed by atoms with Crippen molar-refractivity contribution in [3.63, 3.8) is 0 Å². The molecule has 2 rings (SSSR count). The molecule has 0 radical (unpaired) electrons. The van der Waals surface area contributed by atoms with Crippen molar-refractivity contribution in [3.05, 3.63) is 59.0 Å². The minimum absolute atomic E-state index is 0.148. The highest BCUT2D eigenvalue weighted by Crippen LogP contribution is 2.22. The number of carboxylic acid groups (broad SMARTS) is 1. The van der Waals surface area contributed by atoms with Gasteiger partial charge in [0, 0.05) is 0 Å². The molecule has 0 saturated heterocycles. The standard InChI is InChI=1S/C15H16O4/c1-10-4-2-3-5-11(10)6-7-12(16)13-8-9-14(19-13)15(17)18/h2-5,8-9,12,16H,6-7H2,1H3,(H,17,18). The van der Waals surface area contributed by atoms with Gasteiger partial charge >= 0.3 is 5.97 Å². The minimum atomic E-state index is -1.13. The van der Waals surface area contributed by atoms with Crippen LogP contribution in [0, 0.1) is 6.92 Å². The van der Waals surface area contributed by atoms with Gasteiger partial charge in [0.1, 0.15) is 11.9 Å². The number of hydrogen-bond acceptors (Lipinski definition) is 3. The van der Waals surface area contributed by atoms with Gasteiger partial charge in [-0.25, -0.2) is 4.79 Å². The molecule has 0 aliphatic heterocycles. The van der Waals surface area contributed by atoms with E-state index in [2.05, 4.69) is 0 Å². The summed E-state index contributed by atoms with van der Waals surface area (Å²) in [5.41, 5.74) is 2.35. The molecule has 19 heavy (non-hydrogen) atoms. The van der Waals surface area contributed by atoms with Crippen molar-refractivity contribution in [1.82, 2.24) is 0 Å². The lowest BCUT2D eigenvalue weighted by Gasteiger charge is -2.09. The average molecular weight is 260 g/mol. The Balaban J connectivity index is 1.99. The molecular formula is C15H16O4. The van der Waals surface area contributed by atoms with E-state index in [1.54, 1.807) is 0 Å². The predicted molar refractivity (Wildman–Crippen MR) is 70.1 cm³/mol. The summed E-state index contributed by atoms with van der Waals surface area (Å²) in [7, 11) is 0. The normalized spacial score (nSPS) is 12.3. The van der Waals surface area contributed by atoms with E-state index in [0.717, 1.165) is 6.42 Å². The highest BCUT2D eigenvalue weighted by Gasteiger charge is 2.15. The van der Waals surface area contributed by atoms with Crippen LogP contribution in [0.15, 0.2) is 40.8 Å². The Hall–Kier alpha value is -2.07. The number of rotatable bonds is 5. The molecule has 0 aliphatic carbocycles. The van der Waals surface area contributed by atoms with Gasteiger partial charge in [0.05, 0.1) is 0 Å². The molecule has 0 amide bonds. The third-order valence-electron chi connectivity index (χ3n) is 3.11. The van der Waals surface area contributed by atoms with E-state index in [1.807, 2.05) is 31.2 Å². The second kappa shape index (κ2) is 5.71. The summed E-state index contributed by atoms with van der Waals surface area (Å²) >= 11 is 0. The van der Waals surface area contributed by atoms with E-state index < -0.39 is 12.1 Å². The van der Waals surface area contributed by atoms with Crippen LogP contribution in [0.5, 0.6) is 0 Å². The fraction of sp³-hybridized carbons (Fsp3) is 0.267. The summed E-state index contributed by atoms with van der Waals surface area (Å²) in [5, 5.41) is 18.7. The number of aliphatic hydroxyl groups is 1. The molecule has 4 nitrogen and oxygen atoms in total. The second-order valence-corrected chi connectivity index (χ2v) is 4.49. The molecule has 1 heterocycles. The van der Waals surface area contributed by atoms with Crippen LogP contribution in [0.25, 0.3) is 0 Å². The van der Waals surface area contributed by atoms with E-state index in [-0.39, 0.29) is 5.76 Å². The molecule has 4 heteroatoms. The summed E-state index contributed by atoms with van der Waals surface area (Å²) in [6.07, 6.45) is 0.432. The van der Waals surface area contributed by atoms with Crippen LogP contribution in [0.2, 0.25) is 0 Å². The van der Waals surface area contributed by atoms with Crippen molar-refractivity contribution in [2.75, 3.05) is 0 Å². The molecule has 1 atom stereocenters. The van der Waals surface area contributed by atoms with Crippen LogP contribution in [0.3, 0.4) is 0 Å². The van der Waals surface area contributed by atoms with Crippen molar-refractivity contribution < 1.29 is 19.4 Å². The Morgan fingerprint density at radius 1 is 1.26 bits per heavy atom. The van der Waals surface area contributed by atoms with Gasteiger partial charge < -0.3 is 14.6 Å².